The first-order valence-electron chi connectivity index (χ1n) is 8.01. The minimum absolute atomic E-state index is 0.00888. The summed E-state index contributed by atoms with van der Waals surface area (Å²) in [7, 11) is 0. The summed E-state index contributed by atoms with van der Waals surface area (Å²) in [4.78, 5) is 9.20. The van der Waals surface area contributed by atoms with Crippen LogP contribution in [0.2, 0.25) is 0 Å². The fraction of sp³-hybridized carbons (Fsp3) is 0.647. The van der Waals surface area contributed by atoms with Crippen LogP contribution in [0.3, 0.4) is 0 Å². The van der Waals surface area contributed by atoms with E-state index in [4.69, 9.17) is 10.7 Å². The molecule has 1 fully saturated rings. The van der Waals surface area contributed by atoms with Crippen molar-refractivity contribution >= 4 is 11.0 Å². The van der Waals surface area contributed by atoms with Crippen LogP contribution in [0.5, 0.6) is 0 Å². The summed E-state index contributed by atoms with van der Waals surface area (Å²) < 4.78 is 2.39. The normalized spacial score (nSPS) is 19.0. The van der Waals surface area contributed by atoms with E-state index in [1.807, 2.05) is 12.4 Å². The van der Waals surface area contributed by atoms with Gasteiger partial charge in [0.25, 0.3) is 0 Å². The number of pyridine rings is 1. The van der Waals surface area contributed by atoms with Crippen molar-refractivity contribution < 1.29 is 0 Å². The van der Waals surface area contributed by atoms with Gasteiger partial charge in [-0.15, -0.1) is 0 Å². The Bertz CT molecular complexity index is 630. The molecule has 4 heteroatoms. The van der Waals surface area contributed by atoms with Crippen LogP contribution in [0.1, 0.15) is 58.7 Å². The SMILES string of the molecule is CC(C)(C)n1c(C2(CN)CCCCC2)nc2cnccc21. The first-order valence-corrected chi connectivity index (χ1v) is 8.01. The highest BCUT2D eigenvalue weighted by molar-refractivity contribution is 5.75. The lowest BCUT2D eigenvalue weighted by molar-refractivity contribution is 0.258. The summed E-state index contributed by atoms with van der Waals surface area (Å²) in [5.41, 5.74) is 8.42. The molecule has 0 amide bonds. The van der Waals surface area contributed by atoms with E-state index in [1.165, 1.54) is 30.6 Å². The van der Waals surface area contributed by atoms with Crippen LogP contribution in [0.25, 0.3) is 11.0 Å². The lowest BCUT2D eigenvalue weighted by Crippen LogP contribution is -2.42. The highest BCUT2D eigenvalue weighted by atomic mass is 15.2. The Kier molecular flexibility index (Phi) is 3.52. The lowest BCUT2D eigenvalue weighted by Gasteiger charge is -2.38. The fourth-order valence-electron chi connectivity index (χ4n) is 3.71. The van der Waals surface area contributed by atoms with Gasteiger partial charge in [-0.3, -0.25) is 4.98 Å². The molecule has 21 heavy (non-hydrogen) atoms. The van der Waals surface area contributed by atoms with Crippen molar-refractivity contribution in [2.24, 2.45) is 5.73 Å². The second-order valence-corrected chi connectivity index (χ2v) is 7.35. The van der Waals surface area contributed by atoms with E-state index in [2.05, 4.69) is 36.4 Å². The first-order chi connectivity index (χ1) is 9.98. The first kappa shape index (κ1) is 14.5. The van der Waals surface area contributed by atoms with Crippen molar-refractivity contribution in [3.63, 3.8) is 0 Å². The molecule has 0 unspecified atom stereocenters. The van der Waals surface area contributed by atoms with Gasteiger partial charge >= 0.3 is 0 Å². The molecule has 2 aromatic rings. The number of nitrogens with zero attached hydrogens (tertiary/aromatic N) is 3. The number of fused-ring (bicyclic) bond motifs is 1. The van der Waals surface area contributed by atoms with E-state index in [0.29, 0.717) is 6.54 Å². The molecule has 1 aliphatic carbocycles. The Morgan fingerprint density at radius 3 is 2.57 bits per heavy atom. The number of nitrogens with two attached hydrogens (primary N) is 1. The Labute approximate surface area is 126 Å². The van der Waals surface area contributed by atoms with Crippen LogP contribution in [-0.4, -0.2) is 21.1 Å². The molecule has 0 atom stereocenters. The summed E-state index contributed by atoms with van der Waals surface area (Å²) in [6.07, 6.45) is 9.84. The van der Waals surface area contributed by atoms with Gasteiger partial charge in [0.2, 0.25) is 0 Å². The van der Waals surface area contributed by atoms with E-state index >= 15 is 0 Å². The zero-order valence-electron chi connectivity index (χ0n) is 13.4. The van der Waals surface area contributed by atoms with Gasteiger partial charge in [-0.25, -0.2) is 4.98 Å². The molecule has 0 bridgehead atoms. The molecule has 0 aliphatic heterocycles. The third kappa shape index (κ3) is 2.35. The molecule has 2 aromatic heterocycles. The van der Waals surface area contributed by atoms with Gasteiger partial charge in [0.15, 0.2) is 0 Å². The van der Waals surface area contributed by atoms with Gasteiger partial charge in [-0.2, -0.15) is 0 Å². The van der Waals surface area contributed by atoms with Crippen molar-refractivity contribution in [1.29, 1.82) is 0 Å². The zero-order valence-corrected chi connectivity index (χ0v) is 13.4. The quantitative estimate of drug-likeness (QED) is 0.921. The monoisotopic (exact) mass is 286 g/mol. The molecular weight excluding hydrogens is 260 g/mol. The van der Waals surface area contributed by atoms with Crippen LogP contribution >= 0.6 is 0 Å². The van der Waals surface area contributed by atoms with Crippen molar-refractivity contribution in [2.75, 3.05) is 6.54 Å². The highest BCUT2D eigenvalue weighted by Gasteiger charge is 2.39. The Balaban J connectivity index is 2.26. The second-order valence-electron chi connectivity index (χ2n) is 7.35. The number of imidazole rings is 1. The number of hydrogen-bond acceptors (Lipinski definition) is 3. The van der Waals surface area contributed by atoms with Gasteiger partial charge < -0.3 is 10.3 Å². The summed E-state index contributed by atoms with van der Waals surface area (Å²) in [5, 5.41) is 0. The van der Waals surface area contributed by atoms with E-state index in [-0.39, 0.29) is 11.0 Å². The molecule has 2 heterocycles. The number of aromatic nitrogens is 3. The largest absolute Gasteiger partial charge is 0.329 e. The number of rotatable bonds is 2. The third-order valence-corrected chi connectivity index (χ3v) is 4.80. The fourth-order valence-corrected chi connectivity index (χ4v) is 3.71. The molecule has 114 valence electrons. The third-order valence-electron chi connectivity index (χ3n) is 4.80. The second kappa shape index (κ2) is 5.09. The van der Waals surface area contributed by atoms with Gasteiger partial charge in [0.05, 0.1) is 11.7 Å². The molecule has 0 radical (unpaired) electrons. The van der Waals surface area contributed by atoms with Gasteiger partial charge in [-0.1, -0.05) is 19.3 Å². The smallest absolute Gasteiger partial charge is 0.117 e. The molecule has 0 aromatic carbocycles. The average molecular weight is 286 g/mol. The summed E-state index contributed by atoms with van der Waals surface area (Å²) in [6.45, 7) is 7.40. The molecule has 1 saturated carbocycles. The van der Waals surface area contributed by atoms with E-state index in [9.17, 15) is 0 Å². The summed E-state index contributed by atoms with van der Waals surface area (Å²) in [6, 6.07) is 2.07. The van der Waals surface area contributed by atoms with Gasteiger partial charge in [0.1, 0.15) is 11.3 Å². The van der Waals surface area contributed by atoms with Crippen molar-refractivity contribution in [2.45, 2.75) is 63.8 Å². The summed E-state index contributed by atoms with van der Waals surface area (Å²) >= 11 is 0. The molecule has 3 rings (SSSR count). The molecule has 0 spiro atoms. The molecule has 0 saturated heterocycles. The highest BCUT2D eigenvalue weighted by Crippen LogP contribution is 2.41. The molecule has 1 aliphatic rings. The van der Waals surface area contributed by atoms with Crippen molar-refractivity contribution in [3.8, 4) is 0 Å². The van der Waals surface area contributed by atoms with Crippen LogP contribution < -0.4 is 5.73 Å². The zero-order chi connectivity index (χ0) is 15.1. The Morgan fingerprint density at radius 1 is 1.24 bits per heavy atom. The standard InChI is InChI=1S/C17H26N4/c1-16(2,3)21-14-7-10-19-11-13(14)20-15(21)17(12-18)8-5-4-6-9-17/h7,10-11H,4-6,8-9,12,18H2,1-3H3. The maximum atomic E-state index is 6.24. The van der Waals surface area contributed by atoms with Crippen LogP contribution in [-0.2, 0) is 11.0 Å². The number of hydrogen-bond donors (Lipinski definition) is 1. The van der Waals surface area contributed by atoms with Gasteiger partial charge in [-0.05, 0) is 39.7 Å². The van der Waals surface area contributed by atoms with Crippen molar-refractivity contribution in [1.82, 2.24) is 14.5 Å². The van der Waals surface area contributed by atoms with Crippen LogP contribution in [0.4, 0.5) is 0 Å². The maximum Gasteiger partial charge on any atom is 0.117 e. The minimum atomic E-state index is -0.00888. The van der Waals surface area contributed by atoms with Crippen LogP contribution in [0.15, 0.2) is 18.5 Å². The molecular formula is C17H26N4. The lowest BCUT2D eigenvalue weighted by atomic mass is 9.73. The summed E-state index contributed by atoms with van der Waals surface area (Å²) in [5.74, 6) is 1.17. The minimum Gasteiger partial charge on any atom is -0.329 e. The van der Waals surface area contributed by atoms with Crippen LogP contribution in [0, 0.1) is 0 Å². The maximum absolute atomic E-state index is 6.24. The molecule has 4 nitrogen and oxygen atoms in total. The Morgan fingerprint density at radius 2 is 1.95 bits per heavy atom. The van der Waals surface area contributed by atoms with Gasteiger partial charge in [0, 0.05) is 23.7 Å². The average Bonchev–Trinajstić information content (AvgIpc) is 2.88. The Hall–Kier alpha value is -1.42. The predicted octanol–water partition coefficient (Wildman–Crippen LogP) is 3.35. The molecule has 2 N–H and O–H groups in total. The predicted molar refractivity (Wildman–Crippen MR) is 86.3 cm³/mol. The van der Waals surface area contributed by atoms with E-state index in [1.54, 1.807) is 0 Å². The van der Waals surface area contributed by atoms with Crippen molar-refractivity contribution in [3.05, 3.63) is 24.3 Å². The topological polar surface area (TPSA) is 56.7 Å². The van der Waals surface area contributed by atoms with E-state index in [0.717, 1.165) is 18.4 Å². The van der Waals surface area contributed by atoms with E-state index < -0.39 is 0 Å².